The Kier molecular flexibility index (Phi) is 9.15. The first-order chi connectivity index (χ1) is 21.2. The number of amides is 4. The number of aromatic nitrogens is 5. The van der Waals surface area contributed by atoms with Crippen LogP contribution in [0.5, 0.6) is 0 Å². The number of anilines is 3. The Morgan fingerprint density at radius 1 is 0.800 bits per heavy atom. The second kappa shape index (κ2) is 13.0. The van der Waals surface area contributed by atoms with E-state index in [0.717, 1.165) is 0 Å². The van der Waals surface area contributed by atoms with E-state index >= 15 is 0 Å². The Hall–Kier alpha value is -6.20. The second-order valence-electron chi connectivity index (χ2n) is 10.0. The maximum atomic E-state index is 13.5. The molecule has 0 unspecified atom stereocenters. The van der Waals surface area contributed by atoms with Crippen molar-refractivity contribution in [1.29, 1.82) is 5.41 Å². The van der Waals surface area contributed by atoms with Crippen molar-refractivity contribution in [3.8, 4) is 0 Å². The molecule has 0 atom stereocenters. The SMILES string of the molecule is Cn1cc(NC(=O)c2cc(NC(=O)c3cc(NC(=O)Cn4cc(F)c(=O)[nH]c4=O)cn3C)cn2C)cc1C(=O)NCCC(=N)N. The molecule has 4 heterocycles. The van der Waals surface area contributed by atoms with E-state index in [1.54, 1.807) is 32.3 Å². The molecular weight excluding hydrogens is 593 g/mol. The van der Waals surface area contributed by atoms with Gasteiger partial charge in [-0.25, -0.2) is 4.79 Å². The number of nitrogens with one attached hydrogen (secondary N) is 6. The largest absolute Gasteiger partial charge is 0.388 e. The fraction of sp³-hybridized carbons (Fsp3) is 0.222. The number of hydrogen-bond acceptors (Lipinski definition) is 7. The van der Waals surface area contributed by atoms with Crippen molar-refractivity contribution in [3.63, 3.8) is 0 Å². The van der Waals surface area contributed by atoms with Gasteiger partial charge in [0.05, 0.1) is 29.1 Å². The predicted octanol–water partition coefficient (Wildman–Crippen LogP) is -0.110. The molecule has 4 amide bonds. The van der Waals surface area contributed by atoms with E-state index < -0.39 is 47.2 Å². The summed E-state index contributed by atoms with van der Waals surface area (Å²) in [5.41, 5.74) is 4.66. The molecule has 8 N–H and O–H groups in total. The lowest BCUT2D eigenvalue weighted by molar-refractivity contribution is -0.116. The first-order valence-corrected chi connectivity index (χ1v) is 13.2. The fourth-order valence-electron chi connectivity index (χ4n) is 4.32. The number of carbonyl (C=O) groups is 4. The van der Waals surface area contributed by atoms with Gasteiger partial charge in [0, 0.05) is 52.7 Å². The van der Waals surface area contributed by atoms with Crippen molar-refractivity contribution in [2.75, 3.05) is 22.5 Å². The summed E-state index contributed by atoms with van der Waals surface area (Å²) in [7, 11) is 4.81. The third-order valence-corrected chi connectivity index (χ3v) is 6.47. The second-order valence-corrected chi connectivity index (χ2v) is 10.0. The summed E-state index contributed by atoms with van der Waals surface area (Å²) in [5.74, 6) is -3.44. The first kappa shape index (κ1) is 31.7. The van der Waals surface area contributed by atoms with E-state index in [1.807, 2.05) is 0 Å². The maximum Gasteiger partial charge on any atom is 0.328 e. The topological polar surface area (TPSA) is 236 Å². The van der Waals surface area contributed by atoms with E-state index in [2.05, 4.69) is 21.3 Å². The lowest BCUT2D eigenvalue weighted by Gasteiger charge is -2.05. The molecule has 45 heavy (non-hydrogen) atoms. The van der Waals surface area contributed by atoms with Crippen molar-refractivity contribution in [1.82, 2.24) is 28.6 Å². The number of nitrogens with zero attached hydrogens (tertiary/aromatic N) is 4. The highest BCUT2D eigenvalue weighted by molar-refractivity contribution is 6.07. The summed E-state index contributed by atoms with van der Waals surface area (Å²) in [4.78, 5) is 75.5. The van der Waals surface area contributed by atoms with Crippen LogP contribution in [0.25, 0.3) is 0 Å². The van der Waals surface area contributed by atoms with E-state index in [9.17, 15) is 33.2 Å². The van der Waals surface area contributed by atoms with Gasteiger partial charge in [-0.2, -0.15) is 4.39 Å². The molecule has 0 saturated heterocycles. The third kappa shape index (κ3) is 7.61. The third-order valence-electron chi connectivity index (χ3n) is 6.47. The Morgan fingerprint density at radius 3 is 1.76 bits per heavy atom. The van der Waals surface area contributed by atoms with Crippen molar-refractivity contribution in [2.24, 2.45) is 26.9 Å². The zero-order valence-corrected chi connectivity index (χ0v) is 24.4. The molecule has 0 bridgehead atoms. The number of aromatic amines is 1. The molecular formula is C27H30FN11O6. The molecule has 0 aromatic carbocycles. The average Bonchev–Trinajstić information content (AvgIpc) is 3.62. The zero-order chi connectivity index (χ0) is 33.0. The van der Waals surface area contributed by atoms with Crippen LogP contribution < -0.4 is 38.2 Å². The van der Waals surface area contributed by atoms with Crippen molar-refractivity contribution < 1.29 is 23.6 Å². The Morgan fingerprint density at radius 2 is 1.27 bits per heavy atom. The minimum absolute atomic E-state index is 0.0505. The number of aryl methyl sites for hydroxylation is 3. The Bertz CT molecular complexity index is 1940. The summed E-state index contributed by atoms with van der Waals surface area (Å²) in [6.45, 7) is -0.392. The summed E-state index contributed by atoms with van der Waals surface area (Å²) in [5, 5.41) is 17.8. The standard InChI is InChI=1S/C27H30FN11O6/c1-36-10-15(7-18(36)24(42)31-5-4-21(29)30)33-26(44)20-8-16(11-38(20)3)34-25(43)19-6-14(9-37(19)2)32-22(40)13-39-12-17(28)23(41)35-27(39)45/h6-12H,4-5,13H2,1-3H3,(H3,29,30)(H,31,42)(H,32,40)(H,33,44)(H,34,43)(H,35,41,45). The van der Waals surface area contributed by atoms with Crippen LogP contribution in [0, 0.1) is 11.2 Å². The average molecular weight is 624 g/mol. The molecule has 0 radical (unpaired) electrons. The molecule has 0 aliphatic heterocycles. The number of nitrogens with two attached hydrogens (primary N) is 1. The van der Waals surface area contributed by atoms with Gasteiger partial charge in [0.15, 0.2) is 0 Å². The van der Waals surface area contributed by atoms with Crippen LogP contribution in [0.2, 0.25) is 0 Å². The highest BCUT2D eigenvalue weighted by atomic mass is 19.1. The molecule has 0 aliphatic carbocycles. The van der Waals surface area contributed by atoms with Crippen molar-refractivity contribution in [2.45, 2.75) is 13.0 Å². The van der Waals surface area contributed by atoms with Gasteiger partial charge in [-0.15, -0.1) is 0 Å². The van der Waals surface area contributed by atoms with E-state index in [1.165, 1.54) is 44.3 Å². The fourth-order valence-corrected chi connectivity index (χ4v) is 4.32. The van der Waals surface area contributed by atoms with Gasteiger partial charge < -0.3 is 40.7 Å². The van der Waals surface area contributed by atoms with Crippen molar-refractivity contribution >= 4 is 46.5 Å². The van der Waals surface area contributed by atoms with Crippen LogP contribution >= 0.6 is 0 Å². The van der Waals surface area contributed by atoms with Crippen molar-refractivity contribution in [3.05, 3.63) is 86.7 Å². The molecule has 4 aromatic heterocycles. The summed E-state index contributed by atoms with van der Waals surface area (Å²) in [6.07, 6.45) is 5.37. The molecule has 4 aromatic rings. The number of amidine groups is 1. The quantitative estimate of drug-likeness (QED) is 0.0883. The highest BCUT2D eigenvalue weighted by Gasteiger charge is 2.19. The molecule has 0 saturated carbocycles. The minimum atomic E-state index is -1.22. The first-order valence-electron chi connectivity index (χ1n) is 13.2. The van der Waals surface area contributed by atoms with E-state index in [4.69, 9.17) is 11.1 Å². The molecule has 18 heteroatoms. The lowest BCUT2D eigenvalue weighted by Crippen LogP contribution is -2.34. The van der Waals surface area contributed by atoms with Crippen LogP contribution in [-0.4, -0.2) is 59.3 Å². The van der Waals surface area contributed by atoms with Gasteiger partial charge in [0.2, 0.25) is 11.7 Å². The van der Waals surface area contributed by atoms with Gasteiger partial charge in [-0.05, 0) is 18.2 Å². The van der Waals surface area contributed by atoms with Crippen LogP contribution in [0.4, 0.5) is 21.5 Å². The predicted molar refractivity (Wildman–Crippen MR) is 161 cm³/mol. The molecule has 236 valence electrons. The molecule has 0 fully saturated rings. The van der Waals surface area contributed by atoms with Gasteiger partial charge in [-0.1, -0.05) is 0 Å². The van der Waals surface area contributed by atoms with Gasteiger partial charge >= 0.3 is 5.69 Å². The lowest BCUT2D eigenvalue weighted by atomic mass is 10.3. The number of carbonyl (C=O) groups excluding carboxylic acids is 4. The Balaban J connectivity index is 1.38. The molecule has 0 aliphatic rings. The van der Waals surface area contributed by atoms with E-state index in [0.29, 0.717) is 22.1 Å². The van der Waals surface area contributed by atoms with Crippen LogP contribution in [0.15, 0.2) is 52.6 Å². The molecule has 0 spiro atoms. The number of halogens is 1. The van der Waals surface area contributed by atoms with Crippen LogP contribution in [0.1, 0.15) is 37.9 Å². The highest BCUT2D eigenvalue weighted by Crippen LogP contribution is 2.19. The van der Waals surface area contributed by atoms with E-state index in [-0.39, 0.29) is 41.6 Å². The Labute approximate surface area is 253 Å². The summed E-state index contributed by atoms with van der Waals surface area (Å²) >= 11 is 0. The van der Waals surface area contributed by atoms with Crippen LogP contribution in [-0.2, 0) is 32.5 Å². The molecule has 17 nitrogen and oxygen atoms in total. The van der Waals surface area contributed by atoms with Gasteiger partial charge in [0.25, 0.3) is 23.3 Å². The number of rotatable bonds is 11. The summed E-state index contributed by atoms with van der Waals surface area (Å²) < 4.78 is 18.7. The number of H-pyrrole nitrogens is 1. The monoisotopic (exact) mass is 623 g/mol. The minimum Gasteiger partial charge on any atom is -0.388 e. The van der Waals surface area contributed by atoms with Crippen LogP contribution in [0.3, 0.4) is 0 Å². The maximum absolute atomic E-state index is 13.5. The zero-order valence-electron chi connectivity index (χ0n) is 24.4. The smallest absolute Gasteiger partial charge is 0.328 e. The van der Waals surface area contributed by atoms with Gasteiger partial charge in [-0.3, -0.25) is 38.9 Å². The normalized spacial score (nSPS) is 10.8. The summed E-state index contributed by atoms with van der Waals surface area (Å²) in [6, 6.07) is 4.33. The van der Waals surface area contributed by atoms with Gasteiger partial charge in [0.1, 0.15) is 23.6 Å². The molecule has 4 rings (SSSR count). The number of hydrogen-bond donors (Lipinski definition) is 7.